The largest absolute Gasteiger partial charge is 0.466 e. The van der Waals surface area contributed by atoms with E-state index in [9.17, 15) is 24.4 Å². The predicted octanol–water partition coefficient (Wildman–Crippen LogP) is 1.63. The Morgan fingerprint density at radius 3 is 2.63 bits per heavy atom. The molecule has 0 spiro atoms. The molecule has 252 valence electrons. The zero-order valence-corrected chi connectivity index (χ0v) is 27.0. The Hall–Kier alpha value is -3.86. The Morgan fingerprint density at radius 2 is 1.93 bits per heavy atom. The van der Waals surface area contributed by atoms with Crippen LogP contribution in [0.1, 0.15) is 52.8 Å². The number of hydrogen-bond acceptors (Lipinski definition) is 15. The number of nitrogen functional groups attached to an aromatic ring is 2. The van der Waals surface area contributed by atoms with Crippen LogP contribution in [-0.2, 0) is 39.3 Å². The summed E-state index contributed by atoms with van der Waals surface area (Å²) in [6.45, 7) is 7.43. The van der Waals surface area contributed by atoms with E-state index < -0.39 is 62.5 Å². The van der Waals surface area contributed by atoms with Gasteiger partial charge in [0.15, 0.2) is 17.7 Å². The Bertz CT molecular complexity index is 1600. The summed E-state index contributed by atoms with van der Waals surface area (Å²) in [7, 11) is -4.45. The van der Waals surface area contributed by atoms with Crippen LogP contribution >= 0.6 is 7.75 Å². The molecule has 1 aromatic carbocycles. The summed E-state index contributed by atoms with van der Waals surface area (Å²) in [5, 5.41) is 25.0. The van der Waals surface area contributed by atoms with Crippen LogP contribution in [0.2, 0.25) is 0 Å². The summed E-state index contributed by atoms with van der Waals surface area (Å²) < 4.78 is 43.4. The van der Waals surface area contributed by atoms with E-state index in [0.29, 0.717) is 5.56 Å². The number of nitrogens with zero attached hydrogens (tertiary/aromatic N) is 4. The van der Waals surface area contributed by atoms with E-state index in [2.05, 4.69) is 20.0 Å². The van der Waals surface area contributed by atoms with Gasteiger partial charge in [-0.1, -0.05) is 18.2 Å². The molecule has 1 aliphatic rings. The lowest BCUT2D eigenvalue weighted by atomic mass is 9.96. The molecule has 2 aromatic heterocycles. The summed E-state index contributed by atoms with van der Waals surface area (Å²) in [6, 6.07) is 5.40. The number of anilines is 2. The average molecular weight is 666 g/mol. The van der Waals surface area contributed by atoms with Gasteiger partial charge in [-0.15, -0.1) is 0 Å². The van der Waals surface area contributed by atoms with Gasteiger partial charge in [-0.05, 0) is 52.7 Å². The minimum absolute atomic E-state index is 0.0103. The van der Waals surface area contributed by atoms with Gasteiger partial charge in [0.25, 0.3) is 0 Å². The minimum atomic E-state index is -4.45. The van der Waals surface area contributed by atoms with E-state index in [1.54, 1.807) is 39.0 Å². The van der Waals surface area contributed by atoms with Crippen LogP contribution in [0.3, 0.4) is 0 Å². The molecule has 0 aliphatic carbocycles. The number of aryl methyl sites for hydroxylation is 1. The number of benzene rings is 1. The highest BCUT2D eigenvalue weighted by Crippen LogP contribution is 2.48. The molecule has 1 aliphatic heterocycles. The third-order valence-electron chi connectivity index (χ3n) is 7.03. The Morgan fingerprint density at radius 1 is 1.22 bits per heavy atom. The molecule has 0 radical (unpaired) electrons. The molecule has 0 saturated carbocycles. The first-order chi connectivity index (χ1) is 21.6. The number of para-hydroxylation sites is 1. The van der Waals surface area contributed by atoms with Crippen molar-refractivity contribution >= 4 is 42.6 Å². The molecule has 0 amide bonds. The number of nitrogens with one attached hydrogen (secondary N) is 1. The zero-order chi connectivity index (χ0) is 33.8. The molecule has 46 heavy (non-hydrogen) atoms. The maximum Gasteiger partial charge on any atom is 0.459 e. The van der Waals surface area contributed by atoms with Crippen LogP contribution < -0.4 is 21.1 Å². The van der Waals surface area contributed by atoms with Crippen LogP contribution in [0.4, 0.5) is 11.8 Å². The lowest BCUT2D eigenvalue weighted by molar-refractivity contribution is -0.149. The summed E-state index contributed by atoms with van der Waals surface area (Å²) in [6.07, 6.45) is -3.00. The highest BCUT2D eigenvalue weighted by Gasteiger charge is 2.54. The SMILES string of the molecule is CCOC(=O)CCc1ccccc1O[P@@](=O)(N[C@@H](C)C(=O)OC(C)C)OC[C@H]1O[C@@H](n2cnc3c(N)nc(N)nc32)[C@](C)(O)[C@@H]1O. The van der Waals surface area contributed by atoms with Crippen molar-refractivity contribution in [3.63, 3.8) is 0 Å². The van der Waals surface area contributed by atoms with Gasteiger partial charge in [0.2, 0.25) is 5.95 Å². The fraction of sp³-hybridized carbons (Fsp3) is 0.536. The van der Waals surface area contributed by atoms with Crippen LogP contribution in [-0.4, -0.2) is 84.8 Å². The van der Waals surface area contributed by atoms with Crippen molar-refractivity contribution in [2.45, 2.75) is 83.6 Å². The number of nitrogens with two attached hydrogens (primary N) is 2. The van der Waals surface area contributed by atoms with Crippen molar-refractivity contribution in [1.29, 1.82) is 0 Å². The maximum absolute atomic E-state index is 14.2. The fourth-order valence-electron chi connectivity index (χ4n) is 4.79. The van der Waals surface area contributed by atoms with Crippen molar-refractivity contribution < 1.29 is 47.6 Å². The lowest BCUT2D eigenvalue weighted by Crippen LogP contribution is -2.44. The maximum atomic E-state index is 14.2. The number of aliphatic hydroxyl groups excluding tert-OH is 1. The Kier molecular flexibility index (Phi) is 10.9. The standard InChI is InChI=1S/C28H40N7O10P/c1-6-41-20(36)12-11-17-9-7-8-10-18(17)45-46(40,34-16(4)25(38)43-15(2)3)42-13-19-22(37)28(5,39)26(44-19)35-14-31-21-23(29)32-27(30)33-24(21)35/h7-10,14-16,19,22,26,37,39H,6,11-13H2,1-5H3,(H,34,40)(H4,29,30,32,33)/t16-,19+,22+,26+,28+,46+/m0/s1. The summed E-state index contributed by atoms with van der Waals surface area (Å²) in [5.74, 6) is -1.15. The molecule has 17 nitrogen and oxygen atoms in total. The average Bonchev–Trinajstić information content (AvgIpc) is 3.48. The predicted molar refractivity (Wildman–Crippen MR) is 164 cm³/mol. The van der Waals surface area contributed by atoms with Gasteiger partial charge in [-0.2, -0.15) is 15.1 Å². The lowest BCUT2D eigenvalue weighted by Gasteiger charge is -2.27. The van der Waals surface area contributed by atoms with Crippen LogP contribution in [0, 0.1) is 0 Å². The topological polar surface area (TPSA) is 245 Å². The summed E-state index contributed by atoms with van der Waals surface area (Å²) >= 11 is 0. The van der Waals surface area contributed by atoms with Gasteiger partial charge in [-0.3, -0.25) is 18.7 Å². The van der Waals surface area contributed by atoms with Crippen LogP contribution in [0.25, 0.3) is 11.2 Å². The fourth-order valence-corrected chi connectivity index (χ4v) is 6.33. The van der Waals surface area contributed by atoms with E-state index in [1.807, 2.05) is 0 Å². The van der Waals surface area contributed by atoms with E-state index in [0.717, 1.165) is 0 Å². The van der Waals surface area contributed by atoms with Gasteiger partial charge in [-0.25, -0.2) is 9.55 Å². The quantitative estimate of drug-likeness (QED) is 0.121. The molecule has 18 heteroatoms. The summed E-state index contributed by atoms with van der Waals surface area (Å²) in [4.78, 5) is 36.8. The first kappa shape index (κ1) is 35.0. The van der Waals surface area contributed by atoms with E-state index in [-0.39, 0.29) is 48.1 Å². The molecular formula is C28H40N7O10P. The van der Waals surface area contributed by atoms with Crippen molar-refractivity contribution in [3.05, 3.63) is 36.2 Å². The van der Waals surface area contributed by atoms with Gasteiger partial charge in [0.05, 0.1) is 25.6 Å². The van der Waals surface area contributed by atoms with E-state index in [4.69, 9.17) is 34.7 Å². The third-order valence-corrected chi connectivity index (χ3v) is 8.66. The first-order valence-corrected chi connectivity index (χ1v) is 16.2. The van der Waals surface area contributed by atoms with Crippen LogP contribution in [0.15, 0.2) is 30.6 Å². The number of rotatable bonds is 14. The highest BCUT2D eigenvalue weighted by atomic mass is 31.2. The van der Waals surface area contributed by atoms with Crippen molar-refractivity contribution in [1.82, 2.24) is 24.6 Å². The molecule has 6 atom stereocenters. The van der Waals surface area contributed by atoms with Crippen molar-refractivity contribution in [2.24, 2.45) is 0 Å². The number of fused-ring (bicyclic) bond motifs is 1. The molecule has 1 saturated heterocycles. The van der Waals surface area contributed by atoms with E-state index >= 15 is 0 Å². The first-order valence-electron chi connectivity index (χ1n) is 14.6. The van der Waals surface area contributed by atoms with Gasteiger partial charge in [0, 0.05) is 6.42 Å². The number of ether oxygens (including phenoxy) is 3. The molecule has 3 aromatic rings. The number of aliphatic hydroxyl groups is 2. The third kappa shape index (κ3) is 7.92. The number of esters is 2. The Labute approximate surface area is 265 Å². The molecule has 0 unspecified atom stereocenters. The second-order valence-electron chi connectivity index (χ2n) is 11.1. The number of carbonyl (C=O) groups excluding carboxylic acids is 2. The molecule has 0 bridgehead atoms. The molecular weight excluding hydrogens is 625 g/mol. The molecule has 4 rings (SSSR count). The highest BCUT2D eigenvalue weighted by molar-refractivity contribution is 7.52. The normalized spacial score (nSPS) is 23.3. The number of imidazole rings is 1. The Balaban J connectivity index is 1.58. The van der Waals surface area contributed by atoms with Crippen molar-refractivity contribution in [2.75, 3.05) is 24.7 Å². The molecule has 7 N–H and O–H groups in total. The van der Waals surface area contributed by atoms with Crippen LogP contribution in [0.5, 0.6) is 5.75 Å². The van der Waals surface area contributed by atoms with E-state index in [1.165, 1.54) is 30.8 Å². The smallest absolute Gasteiger partial charge is 0.459 e. The monoisotopic (exact) mass is 665 g/mol. The molecule has 1 fully saturated rings. The number of hydrogen-bond donors (Lipinski definition) is 5. The second kappa shape index (κ2) is 14.3. The number of aromatic nitrogens is 4. The summed E-state index contributed by atoms with van der Waals surface area (Å²) in [5.41, 5.74) is 10.6. The van der Waals surface area contributed by atoms with Gasteiger partial charge < -0.3 is 40.4 Å². The van der Waals surface area contributed by atoms with Gasteiger partial charge >= 0.3 is 19.7 Å². The zero-order valence-electron chi connectivity index (χ0n) is 26.2. The van der Waals surface area contributed by atoms with Gasteiger partial charge in [0.1, 0.15) is 35.1 Å². The second-order valence-corrected chi connectivity index (χ2v) is 12.8. The number of carbonyl (C=O) groups is 2. The molecule has 3 heterocycles. The van der Waals surface area contributed by atoms with Crippen molar-refractivity contribution in [3.8, 4) is 5.75 Å². The minimum Gasteiger partial charge on any atom is -0.466 e.